The van der Waals surface area contributed by atoms with Crippen LogP contribution < -0.4 is 0 Å². The molecule has 1 aliphatic rings. The second-order valence-electron chi connectivity index (χ2n) is 27.2. The average molecular weight is 1230 g/mol. The standard InChI is InChI=1S/C45H70N2.2C19H39.Ni/c1-5-9-13-15-17-18-19-20-21-23-25-29-43-42(28-24-22-16-14-10-6-2)44(40-34-30-38(31-35-40)26-11-7-3)47(46)45(43)41-36-32-39(33-37-41)27-12-8-4;2*1-3-5-7-9-11-13-15-17-19-18-16-14-12-10-8-6-4-2;/h30-37H,5-29H2,1-4H3;2*1,3-19H2,2H3;. The maximum absolute atomic E-state index is 12.1. The van der Waals surface area contributed by atoms with Crippen molar-refractivity contribution in [3.63, 3.8) is 0 Å². The van der Waals surface area contributed by atoms with Crippen LogP contribution in [0.2, 0.25) is 10.8 Å². The SMILES string of the molecule is CCCCCCCCCCCCCC1=C(c2ccc(CCCC)cc2)[N+](=[N-])C(c2ccc(CCCC)cc2)=C1CCCCCCCC.CCCCCCCCCCCCCCCCCC[CH2][Ni][CH2]CCCCCCCCCCCCCCCCCC. The molecule has 500 valence electrons. The van der Waals surface area contributed by atoms with Crippen LogP contribution in [0.1, 0.15) is 430 Å². The molecular weight excluding hydrogens is 1080 g/mol. The first-order valence-electron chi connectivity index (χ1n) is 39.1. The van der Waals surface area contributed by atoms with Crippen molar-refractivity contribution in [2.75, 3.05) is 0 Å². The Hall–Kier alpha value is -1.99. The van der Waals surface area contributed by atoms with Gasteiger partial charge in [0.2, 0.25) is 11.4 Å². The summed E-state index contributed by atoms with van der Waals surface area (Å²) in [5.74, 6) is 0. The molecule has 0 atom stereocenters. The van der Waals surface area contributed by atoms with E-state index in [0.717, 1.165) is 48.2 Å². The number of rotatable bonds is 63. The normalized spacial score (nSPS) is 12.6. The van der Waals surface area contributed by atoms with E-state index < -0.39 is 0 Å². The van der Waals surface area contributed by atoms with E-state index in [-0.39, 0.29) is 0 Å². The van der Waals surface area contributed by atoms with E-state index in [1.54, 1.807) is 4.70 Å². The van der Waals surface area contributed by atoms with Crippen molar-refractivity contribution in [3.8, 4) is 0 Å². The Labute approximate surface area is 545 Å². The van der Waals surface area contributed by atoms with E-state index >= 15 is 0 Å². The minimum atomic E-state index is 1.03. The van der Waals surface area contributed by atoms with Gasteiger partial charge < -0.3 is 5.53 Å². The Morgan fingerprint density at radius 2 is 0.430 bits per heavy atom. The predicted octanol–water partition coefficient (Wildman–Crippen LogP) is 30.2. The van der Waals surface area contributed by atoms with Crippen molar-refractivity contribution < 1.29 is 19.1 Å². The van der Waals surface area contributed by atoms with E-state index in [4.69, 9.17) is 0 Å². The fraction of sp³-hybridized carbons (Fsp3) is 0.807. The Kier molecular flexibility index (Phi) is 57.6. The summed E-state index contributed by atoms with van der Waals surface area (Å²) in [5, 5.41) is 2.87. The van der Waals surface area contributed by atoms with Gasteiger partial charge in [0.1, 0.15) is 0 Å². The number of hydrogen-bond donors (Lipinski definition) is 0. The Morgan fingerprint density at radius 1 is 0.233 bits per heavy atom. The Morgan fingerprint density at radius 3 is 0.651 bits per heavy atom. The zero-order chi connectivity index (χ0) is 61.7. The zero-order valence-corrected chi connectivity index (χ0v) is 60.0. The van der Waals surface area contributed by atoms with Gasteiger partial charge in [-0.25, -0.2) is 4.70 Å². The van der Waals surface area contributed by atoms with Gasteiger partial charge in [-0.1, -0.05) is 252 Å². The molecule has 0 aliphatic carbocycles. The first kappa shape index (κ1) is 80.1. The molecule has 2 aromatic carbocycles. The van der Waals surface area contributed by atoms with Crippen LogP contribution in [0.3, 0.4) is 0 Å². The van der Waals surface area contributed by atoms with Crippen LogP contribution in [0.15, 0.2) is 59.7 Å². The topological polar surface area (TPSA) is 25.3 Å². The number of unbranched alkanes of at least 4 members (excludes halogenated alkanes) is 49. The number of aryl methyl sites for hydroxylation is 2. The van der Waals surface area contributed by atoms with E-state index in [9.17, 15) is 5.53 Å². The molecule has 2 aromatic rings. The van der Waals surface area contributed by atoms with Crippen LogP contribution in [0, 0.1) is 0 Å². The summed E-state index contributed by atoms with van der Waals surface area (Å²) >= 11 is 2.05. The van der Waals surface area contributed by atoms with Crippen LogP contribution in [-0.4, -0.2) is 4.70 Å². The zero-order valence-electron chi connectivity index (χ0n) is 59.0. The molecule has 0 spiro atoms. The van der Waals surface area contributed by atoms with Gasteiger partial charge in [-0.3, -0.25) is 0 Å². The molecule has 0 saturated carbocycles. The molecule has 0 saturated heterocycles. The number of benzene rings is 2. The van der Waals surface area contributed by atoms with Gasteiger partial charge in [0.15, 0.2) is 0 Å². The van der Waals surface area contributed by atoms with Gasteiger partial charge in [-0.15, -0.1) is 0 Å². The second kappa shape index (κ2) is 61.9. The molecule has 2 nitrogen and oxygen atoms in total. The van der Waals surface area contributed by atoms with Crippen molar-refractivity contribution in [2.24, 2.45) is 0 Å². The van der Waals surface area contributed by atoms with Crippen molar-refractivity contribution in [2.45, 2.75) is 431 Å². The third-order valence-electron chi connectivity index (χ3n) is 18.9. The molecule has 0 aromatic heterocycles. The summed E-state index contributed by atoms with van der Waals surface area (Å²) in [6.45, 7) is 13.7. The predicted molar refractivity (Wildman–Crippen MR) is 385 cm³/mol. The van der Waals surface area contributed by atoms with Crippen LogP contribution in [0.4, 0.5) is 0 Å². The van der Waals surface area contributed by atoms with Crippen LogP contribution in [0.25, 0.3) is 16.9 Å². The second-order valence-corrected chi connectivity index (χ2v) is 28.6. The van der Waals surface area contributed by atoms with Gasteiger partial charge >= 0.3 is 166 Å². The molecule has 0 fully saturated rings. The quantitative estimate of drug-likeness (QED) is 0.0358. The smallest absolute Gasteiger partial charge is 0.0654 e. The van der Waals surface area contributed by atoms with Crippen LogP contribution in [0.5, 0.6) is 0 Å². The summed E-state index contributed by atoms with van der Waals surface area (Å²) in [7, 11) is 0. The first-order valence-corrected chi connectivity index (χ1v) is 40.5. The summed E-state index contributed by atoms with van der Waals surface area (Å²) in [5.41, 5.74) is 22.0. The molecule has 0 amide bonds. The molecule has 86 heavy (non-hydrogen) atoms. The molecule has 0 radical (unpaired) electrons. The third kappa shape index (κ3) is 43.7. The monoisotopic (exact) mass is 1230 g/mol. The minimum absolute atomic E-state index is 1.03. The number of nitrogens with zero attached hydrogens (tertiary/aromatic N) is 2. The third-order valence-corrected chi connectivity index (χ3v) is 20.3. The molecule has 0 bridgehead atoms. The molecular formula is C83H148N2Ni. The first-order chi connectivity index (χ1) is 42.6. The van der Waals surface area contributed by atoms with Gasteiger partial charge in [0, 0.05) is 22.3 Å². The minimum Gasteiger partial charge on any atom is -0.0654 e. The van der Waals surface area contributed by atoms with Crippen molar-refractivity contribution in [3.05, 3.63) is 87.5 Å². The van der Waals surface area contributed by atoms with E-state index in [1.165, 1.54) is 386 Å². The van der Waals surface area contributed by atoms with Gasteiger partial charge in [-0.05, 0) is 86.8 Å². The maximum atomic E-state index is 12.1. The fourth-order valence-corrected chi connectivity index (χ4v) is 14.3. The summed E-state index contributed by atoms with van der Waals surface area (Å²) in [4.78, 5) is 0. The van der Waals surface area contributed by atoms with Gasteiger partial charge in [0.25, 0.3) is 0 Å². The summed E-state index contributed by atoms with van der Waals surface area (Å²) in [6, 6.07) is 18.2. The van der Waals surface area contributed by atoms with Gasteiger partial charge in [-0.2, -0.15) is 0 Å². The molecule has 3 rings (SSSR count). The van der Waals surface area contributed by atoms with Crippen molar-refractivity contribution >= 4 is 11.4 Å². The van der Waals surface area contributed by atoms with Gasteiger partial charge in [0.05, 0.1) is 0 Å². The average Bonchev–Trinajstić information content (AvgIpc) is 1.99. The van der Waals surface area contributed by atoms with E-state index in [1.807, 2.05) is 14.4 Å². The van der Waals surface area contributed by atoms with Crippen LogP contribution in [-0.2, 0) is 27.3 Å². The molecule has 1 aliphatic heterocycles. The molecule has 1 heterocycles. The van der Waals surface area contributed by atoms with Crippen molar-refractivity contribution in [1.29, 1.82) is 0 Å². The molecule has 0 unspecified atom stereocenters. The number of hydrogen-bond acceptors (Lipinski definition) is 0. The Bertz CT molecular complexity index is 1780. The summed E-state index contributed by atoms with van der Waals surface area (Å²) in [6.07, 6.45) is 82.1. The number of allylic oxidation sites excluding steroid dienone is 2. The van der Waals surface area contributed by atoms with Crippen molar-refractivity contribution in [1.82, 2.24) is 0 Å². The summed E-state index contributed by atoms with van der Waals surface area (Å²) < 4.78 is 1.59. The van der Waals surface area contributed by atoms with E-state index in [0.29, 0.717) is 0 Å². The Balaban J connectivity index is 0.000000599. The van der Waals surface area contributed by atoms with E-state index in [2.05, 4.69) is 90.1 Å². The molecule has 0 N–H and O–H groups in total. The van der Waals surface area contributed by atoms with Crippen LogP contribution >= 0.6 is 0 Å². The fourth-order valence-electron chi connectivity index (χ4n) is 13.1. The molecule has 3 heteroatoms.